The minimum Gasteiger partial charge on any atom is -0.490 e. The second-order valence-corrected chi connectivity index (χ2v) is 11.0. The van der Waals surface area contributed by atoms with Gasteiger partial charge in [0.1, 0.15) is 13.2 Å². The largest absolute Gasteiger partial charge is 0.490 e. The summed E-state index contributed by atoms with van der Waals surface area (Å²) >= 11 is 0. The van der Waals surface area contributed by atoms with Crippen molar-refractivity contribution in [1.29, 1.82) is 0 Å². The maximum atomic E-state index is 12.5. The maximum absolute atomic E-state index is 12.5. The number of carbonyl (C=O) groups is 1. The highest BCUT2D eigenvalue weighted by Gasteiger charge is 2.21. The summed E-state index contributed by atoms with van der Waals surface area (Å²) in [7, 11) is -4.79. The molecule has 0 radical (unpaired) electrons. The zero-order valence-corrected chi connectivity index (χ0v) is 19.2. The first kappa shape index (κ1) is 24.0. The molecule has 174 valence electrons. The summed E-state index contributed by atoms with van der Waals surface area (Å²) in [6.07, 6.45) is 0.685. The number of esters is 1. The average Bonchev–Trinajstić information content (AvgIpc) is 3.01. The molecule has 0 unspecified atom stereocenters. The van der Waals surface area contributed by atoms with Crippen LogP contribution in [-0.4, -0.2) is 61.0 Å². The van der Waals surface area contributed by atoms with E-state index >= 15 is 0 Å². The van der Waals surface area contributed by atoms with Crippen molar-refractivity contribution < 1.29 is 35.8 Å². The molecule has 0 saturated carbocycles. The van der Waals surface area contributed by atoms with Gasteiger partial charge in [0, 0.05) is 26.6 Å². The van der Waals surface area contributed by atoms with E-state index in [9.17, 15) is 21.6 Å². The van der Waals surface area contributed by atoms with E-state index in [1.54, 1.807) is 6.07 Å². The van der Waals surface area contributed by atoms with Gasteiger partial charge in [-0.25, -0.2) is 21.1 Å². The average molecular weight is 485 g/mol. The van der Waals surface area contributed by atoms with Crippen molar-refractivity contribution in [3.8, 4) is 11.5 Å². The summed E-state index contributed by atoms with van der Waals surface area (Å²) in [5.41, 5.74) is 0.451. The van der Waals surface area contributed by atoms with Crippen LogP contribution < -0.4 is 14.2 Å². The molecule has 0 aliphatic carbocycles. The van der Waals surface area contributed by atoms with E-state index in [-0.39, 0.29) is 16.4 Å². The number of hydrogen-bond donors (Lipinski definition) is 1. The van der Waals surface area contributed by atoms with Gasteiger partial charge in [-0.05, 0) is 29.8 Å². The molecule has 3 rings (SSSR count). The molecule has 1 aliphatic rings. The van der Waals surface area contributed by atoms with Gasteiger partial charge in [-0.3, -0.25) is 4.79 Å². The molecule has 2 aromatic rings. The number of ether oxygens (including phenoxy) is 3. The number of nitrogens with one attached hydrogen (secondary N) is 1. The van der Waals surface area contributed by atoms with Crippen molar-refractivity contribution in [1.82, 2.24) is 9.03 Å². The van der Waals surface area contributed by atoms with Crippen LogP contribution in [0.1, 0.15) is 12.0 Å². The van der Waals surface area contributed by atoms with Crippen LogP contribution in [-0.2, 0) is 36.2 Å². The number of rotatable bonds is 8. The number of fused-ring (bicyclic) bond motifs is 1. The van der Waals surface area contributed by atoms with Crippen molar-refractivity contribution in [2.75, 3.05) is 33.9 Å². The van der Waals surface area contributed by atoms with E-state index in [2.05, 4.69) is 4.72 Å². The molecule has 0 spiro atoms. The molecule has 0 bridgehead atoms. The van der Waals surface area contributed by atoms with Gasteiger partial charge in [0.15, 0.2) is 11.5 Å². The monoisotopic (exact) mass is 484 g/mol. The fourth-order valence-corrected chi connectivity index (χ4v) is 4.73. The van der Waals surface area contributed by atoms with Gasteiger partial charge in [-0.1, -0.05) is 12.1 Å². The van der Waals surface area contributed by atoms with Crippen molar-refractivity contribution >= 4 is 26.0 Å². The Hall–Kier alpha value is -2.67. The van der Waals surface area contributed by atoms with Crippen molar-refractivity contribution in [3.05, 3.63) is 48.0 Å². The first-order chi connectivity index (χ1) is 15.1. The van der Waals surface area contributed by atoms with E-state index in [0.29, 0.717) is 36.7 Å². The Morgan fingerprint density at radius 1 is 1.00 bits per heavy atom. The second kappa shape index (κ2) is 9.86. The van der Waals surface area contributed by atoms with Crippen LogP contribution in [0, 0.1) is 0 Å². The summed E-state index contributed by atoms with van der Waals surface area (Å²) in [6, 6.07) is 10.2. The molecule has 32 heavy (non-hydrogen) atoms. The van der Waals surface area contributed by atoms with Crippen LogP contribution >= 0.6 is 0 Å². The molecule has 1 N–H and O–H groups in total. The molecule has 10 nitrogen and oxygen atoms in total. The zero-order chi connectivity index (χ0) is 23.4. The van der Waals surface area contributed by atoms with E-state index in [4.69, 9.17) is 14.2 Å². The molecule has 1 heterocycles. The van der Waals surface area contributed by atoms with Gasteiger partial charge < -0.3 is 14.2 Å². The van der Waals surface area contributed by atoms with Crippen LogP contribution in [0.3, 0.4) is 0 Å². The summed E-state index contributed by atoms with van der Waals surface area (Å²) in [5, 5.41) is 0. The van der Waals surface area contributed by atoms with Crippen LogP contribution in [0.2, 0.25) is 0 Å². The number of nitrogens with zero attached hydrogens (tertiary/aromatic N) is 1. The smallest absolute Gasteiger partial charge is 0.321 e. The van der Waals surface area contributed by atoms with Gasteiger partial charge in [0.05, 0.1) is 23.0 Å². The fraction of sp³-hybridized carbons (Fsp3) is 0.350. The lowest BCUT2D eigenvalue weighted by Gasteiger charge is -2.13. The predicted molar refractivity (Wildman–Crippen MR) is 114 cm³/mol. The molecular weight excluding hydrogens is 460 g/mol. The van der Waals surface area contributed by atoms with E-state index in [0.717, 1.165) is 4.31 Å². The highest BCUT2D eigenvalue weighted by Crippen LogP contribution is 2.31. The van der Waals surface area contributed by atoms with Crippen LogP contribution in [0.5, 0.6) is 11.5 Å². The minimum atomic E-state index is -3.99. The van der Waals surface area contributed by atoms with Gasteiger partial charge in [0.25, 0.3) is 0 Å². The molecule has 0 saturated heterocycles. The normalized spacial score (nSPS) is 14.1. The molecule has 2 aromatic carbocycles. The molecule has 0 aromatic heterocycles. The Balaban J connectivity index is 1.59. The van der Waals surface area contributed by atoms with Crippen molar-refractivity contribution in [2.24, 2.45) is 0 Å². The Labute approximate surface area is 187 Å². The van der Waals surface area contributed by atoms with Crippen LogP contribution in [0.25, 0.3) is 0 Å². The van der Waals surface area contributed by atoms with Crippen molar-refractivity contribution in [3.63, 3.8) is 0 Å². The first-order valence-electron chi connectivity index (χ1n) is 9.66. The second-order valence-electron chi connectivity index (χ2n) is 7.08. The number of hydrogen-bond acceptors (Lipinski definition) is 8. The van der Waals surface area contributed by atoms with E-state index in [1.165, 1.54) is 50.5 Å². The SMILES string of the molecule is CN(C)S(=O)(=O)c1cccc(COC(=O)CNS(=O)(=O)c2ccc3c(c2)OCCCO3)c1. The van der Waals surface area contributed by atoms with Gasteiger partial charge in [-0.2, -0.15) is 4.72 Å². The zero-order valence-electron chi connectivity index (χ0n) is 17.6. The molecule has 0 atom stereocenters. The topological polar surface area (TPSA) is 128 Å². The third-order valence-corrected chi connectivity index (χ3v) is 7.72. The van der Waals surface area contributed by atoms with E-state index < -0.39 is 32.6 Å². The quantitative estimate of drug-likeness (QED) is 0.552. The predicted octanol–water partition coefficient (Wildman–Crippen LogP) is 1.12. The number of carbonyl (C=O) groups excluding carboxylic acids is 1. The highest BCUT2D eigenvalue weighted by atomic mass is 32.2. The van der Waals surface area contributed by atoms with Crippen LogP contribution in [0.4, 0.5) is 0 Å². The minimum absolute atomic E-state index is 0.0613. The lowest BCUT2D eigenvalue weighted by molar-refractivity contribution is -0.143. The lowest BCUT2D eigenvalue weighted by atomic mass is 10.2. The third kappa shape index (κ3) is 5.76. The Bertz CT molecular complexity index is 1190. The first-order valence-corrected chi connectivity index (χ1v) is 12.6. The highest BCUT2D eigenvalue weighted by molar-refractivity contribution is 7.89. The van der Waals surface area contributed by atoms with Crippen molar-refractivity contribution in [2.45, 2.75) is 22.8 Å². The Morgan fingerprint density at radius 2 is 1.72 bits per heavy atom. The number of benzene rings is 2. The van der Waals surface area contributed by atoms with E-state index in [1.807, 2.05) is 0 Å². The molecule has 1 aliphatic heterocycles. The van der Waals surface area contributed by atoms with Gasteiger partial charge in [0.2, 0.25) is 20.0 Å². The molecular formula is C20H24N2O8S2. The summed E-state index contributed by atoms with van der Waals surface area (Å²) < 4.78 is 68.7. The van der Waals surface area contributed by atoms with Crippen LogP contribution in [0.15, 0.2) is 52.3 Å². The molecule has 0 fully saturated rings. The molecule has 12 heteroatoms. The summed E-state index contributed by atoms with van der Waals surface area (Å²) in [5.74, 6) is -0.0383. The summed E-state index contributed by atoms with van der Waals surface area (Å²) in [4.78, 5) is 12.0. The maximum Gasteiger partial charge on any atom is 0.321 e. The Kier molecular flexibility index (Phi) is 7.39. The van der Waals surface area contributed by atoms with Gasteiger partial charge >= 0.3 is 5.97 Å². The fourth-order valence-electron chi connectivity index (χ4n) is 2.77. The van der Waals surface area contributed by atoms with Gasteiger partial charge in [-0.15, -0.1) is 0 Å². The lowest BCUT2D eigenvalue weighted by Crippen LogP contribution is -2.30. The Morgan fingerprint density at radius 3 is 2.44 bits per heavy atom. The number of sulfonamides is 2. The summed E-state index contributed by atoms with van der Waals surface area (Å²) in [6.45, 7) is 0.0916. The molecule has 0 amide bonds. The standard InChI is InChI=1S/C20H24N2O8S2/c1-22(2)32(26,27)17-6-3-5-15(11-17)14-30-20(23)13-21-31(24,25)16-7-8-18-19(12-16)29-10-4-9-28-18/h3,5-8,11-12,21H,4,9-10,13-14H2,1-2H3. The third-order valence-electron chi connectivity index (χ3n) is 4.51.